The van der Waals surface area contributed by atoms with Crippen molar-refractivity contribution in [1.29, 1.82) is 5.26 Å². The third-order valence-corrected chi connectivity index (χ3v) is 7.03. The molecule has 1 saturated heterocycles. The first-order valence-electron chi connectivity index (χ1n) is 11.8. The highest BCUT2D eigenvalue weighted by molar-refractivity contribution is 5.94. The maximum atomic E-state index is 13.0. The zero-order chi connectivity index (χ0) is 24.2. The Morgan fingerprint density at radius 3 is 2.69 bits per heavy atom. The summed E-state index contributed by atoms with van der Waals surface area (Å²) in [5.74, 6) is 0.826. The molecule has 2 aromatic heterocycles. The van der Waals surface area contributed by atoms with E-state index in [0.29, 0.717) is 24.2 Å². The van der Waals surface area contributed by atoms with Gasteiger partial charge in [-0.1, -0.05) is 19.1 Å². The van der Waals surface area contributed by atoms with Crippen LogP contribution in [0.4, 0.5) is 0 Å². The van der Waals surface area contributed by atoms with Gasteiger partial charge in [0.15, 0.2) is 5.82 Å². The van der Waals surface area contributed by atoms with Gasteiger partial charge in [-0.3, -0.25) is 9.36 Å². The van der Waals surface area contributed by atoms with Gasteiger partial charge in [-0.25, -0.2) is 4.98 Å². The van der Waals surface area contributed by atoms with Crippen LogP contribution in [0.1, 0.15) is 28.4 Å². The van der Waals surface area contributed by atoms with Crippen molar-refractivity contribution < 1.29 is 4.79 Å². The van der Waals surface area contributed by atoms with Crippen LogP contribution in [0, 0.1) is 16.7 Å². The lowest BCUT2D eigenvalue weighted by Crippen LogP contribution is -2.57. The largest absolute Gasteiger partial charge is 0.351 e. The quantitative estimate of drug-likeness (QED) is 0.439. The summed E-state index contributed by atoms with van der Waals surface area (Å²) < 4.78 is 4.27. The Bertz CT molecular complexity index is 1480. The standard InChI is InChI=1S/C28H26N6O/c1-28(17-32(2)18-28)16-31-27(35)21-7-8-24-23(11-21)15-33-14-22(20-5-3-19(13-29)4-6-20)12-25(33)26-30-9-10-34(24)26/h3-12,14H,15-18H2,1-2H3,(H,31,35). The van der Waals surface area contributed by atoms with Crippen LogP contribution in [0.25, 0.3) is 28.3 Å². The molecule has 2 aliphatic heterocycles. The van der Waals surface area contributed by atoms with Gasteiger partial charge in [-0.15, -0.1) is 0 Å². The molecule has 1 N–H and O–H groups in total. The molecular weight excluding hydrogens is 436 g/mol. The summed E-state index contributed by atoms with van der Waals surface area (Å²) in [5, 5.41) is 12.2. The minimum atomic E-state index is -0.0373. The van der Waals surface area contributed by atoms with Crippen LogP contribution in [0.2, 0.25) is 0 Å². The Kier molecular flexibility index (Phi) is 4.87. The van der Waals surface area contributed by atoms with Crippen LogP contribution >= 0.6 is 0 Å². The second-order valence-corrected chi connectivity index (χ2v) is 10.1. The van der Waals surface area contributed by atoms with E-state index in [1.54, 1.807) is 6.20 Å². The van der Waals surface area contributed by atoms with Crippen LogP contribution in [0.5, 0.6) is 0 Å². The maximum Gasteiger partial charge on any atom is 0.251 e. The average molecular weight is 463 g/mol. The van der Waals surface area contributed by atoms with E-state index < -0.39 is 0 Å². The third-order valence-electron chi connectivity index (χ3n) is 7.03. The van der Waals surface area contributed by atoms with Crippen molar-refractivity contribution in [2.45, 2.75) is 13.5 Å². The number of likely N-dealkylation sites (tertiary alicyclic amines) is 1. The minimum Gasteiger partial charge on any atom is -0.351 e. The monoisotopic (exact) mass is 462 g/mol. The lowest BCUT2D eigenvalue weighted by molar-refractivity contribution is 0.0382. The van der Waals surface area contributed by atoms with Crippen LogP contribution in [-0.2, 0) is 6.54 Å². The fraction of sp³-hybridized carbons (Fsp3) is 0.250. The van der Waals surface area contributed by atoms with E-state index in [9.17, 15) is 4.79 Å². The molecule has 7 heteroatoms. The van der Waals surface area contributed by atoms with Crippen molar-refractivity contribution in [3.05, 3.63) is 83.8 Å². The van der Waals surface area contributed by atoms with Crippen molar-refractivity contribution in [2.75, 3.05) is 26.7 Å². The van der Waals surface area contributed by atoms with Crippen molar-refractivity contribution in [2.24, 2.45) is 5.41 Å². The number of aromatic nitrogens is 3. The van der Waals surface area contributed by atoms with Gasteiger partial charge in [0.2, 0.25) is 0 Å². The highest BCUT2D eigenvalue weighted by atomic mass is 16.1. The second-order valence-electron chi connectivity index (χ2n) is 10.1. The van der Waals surface area contributed by atoms with E-state index in [0.717, 1.165) is 47.0 Å². The Morgan fingerprint density at radius 2 is 1.94 bits per heavy atom. The predicted octanol–water partition coefficient (Wildman–Crippen LogP) is 3.92. The molecule has 2 aliphatic rings. The number of imidazole rings is 1. The highest BCUT2D eigenvalue weighted by Gasteiger charge is 2.36. The number of carbonyl (C=O) groups is 1. The number of nitrogens with zero attached hydrogens (tertiary/aromatic N) is 5. The minimum absolute atomic E-state index is 0.0373. The summed E-state index contributed by atoms with van der Waals surface area (Å²) in [5.41, 5.74) is 6.68. The number of hydrogen-bond donors (Lipinski definition) is 1. The van der Waals surface area contributed by atoms with Gasteiger partial charge in [0.1, 0.15) is 0 Å². The predicted molar refractivity (Wildman–Crippen MR) is 134 cm³/mol. The van der Waals surface area contributed by atoms with Crippen molar-refractivity contribution >= 4 is 5.91 Å². The Labute approximate surface area is 204 Å². The van der Waals surface area contributed by atoms with Gasteiger partial charge in [-0.2, -0.15) is 5.26 Å². The number of hydrogen-bond acceptors (Lipinski definition) is 4. The Hall–Kier alpha value is -4.15. The maximum absolute atomic E-state index is 13.0. The topological polar surface area (TPSA) is 78.9 Å². The first kappa shape index (κ1) is 21.4. The fourth-order valence-corrected chi connectivity index (χ4v) is 5.45. The molecule has 0 aliphatic carbocycles. The molecule has 0 bridgehead atoms. The van der Waals surface area contributed by atoms with E-state index in [4.69, 9.17) is 5.26 Å². The lowest BCUT2D eigenvalue weighted by atomic mass is 9.82. The fourth-order valence-electron chi connectivity index (χ4n) is 5.45. The van der Waals surface area contributed by atoms with Gasteiger partial charge >= 0.3 is 0 Å². The molecule has 4 aromatic rings. The van der Waals surface area contributed by atoms with Gasteiger partial charge in [0.05, 0.1) is 23.0 Å². The van der Waals surface area contributed by atoms with E-state index in [1.807, 2.05) is 48.7 Å². The summed E-state index contributed by atoms with van der Waals surface area (Å²) in [7, 11) is 2.10. The summed E-state index contributed by atoms with van der Waals surface area (Å²) in [6, 6.07) is 17.8. The molecular formula is C28H26N6O. The SMILES string of the molecule is CN1CC(C)(CNC(=O)c2ccc3c(c2)Cn2cc(-c4ccc(C#N)cc4)cc2-c2nccn2-3)C1. The van der Waals surface area contributed by atoms with E-state index in [2.05, 4.69) is 56.6 Å². The first-order chi connectivity index (χ1) is 16.9. The number of carbonyl (C=O) groups excluding carboxylic acids is 1. The van der Waals surface area contributed by atoms with Crippen LogP contribution in [-0.4, -0.2) is 51.6 Å². The third kappa shape index (κ3) is 3.72. The van der Waals surface area contributed by atoms with E-state index >= 15 is 0 Å². The Balaban J connectivity index is 1.32. The molecule has 0 atom stereocenters. The first-order valence-corrected chi connectivity index (χ1v) is 11.8. The zero-order valence-electron chi connectivity index (χ0n) is 19.8. The Morgan fingerprint density at radius 1 is 1.14 bits per heavy atom. The molecule has 1 fully saturated rings. The van der Waals surface area contributed by atoms with Crippen molar-refractivity contribution in [1.82, 2.24) is 24.3 Å². The molecule has 7 nitrogen and oxygen atoms in total. The number of benzene rings is 2. The second kappa shape index (κ2) is 7.97. The molecule has 0 radical (unpaired) electrons. The van der Waals surface area contributed by atoms with Crippen LogP contribution in [0.15, 0.2) is 67.1 Å². The van der Waals surface area contributed by atoms with Crippen LogP contribution in [0.3, 0.4) is 0 Å². The van der Waals surface area contributed by atoms with Gasteiger partial charge in [0, 0.05) is 61.3 Å². The number of rotatable bonds is 4. The highest BCUT2D eigenvalue weighted by Crippen LogP contribution is 2.34. The molecule has 0 saturated carbocycles. The summed E-state index contributed by atoms with van der Waals surface area (Å²) in [4.78, 5) is 19.9. The van der Waals surface area contributed by atoms with Gasteiger partial charge in [-0.05, 0) is 54.6 Å². The zero-order valence-corrected chi connectivity index (χ0v) is 19.8. The molecule has 4 heterocycles. The summed E-state index contributed by atoms with van der Waals surface area (Å²) in [6.07, 6.45) is 5.89. The molecule has 6 rings (SSSR count). The van der Waals surface area contributed by atoms with Crippen molar-refractivity contribution in [3.8, 4) is 34.4 Å². The molecule has 0 unspecified atom stereocenters. The van der Waals surface area contributed by atoms with Gasteiger partial charge in [0.25, 0.3) is 5.91 Å². The smallest absolute Gasteiger partial charge is 0.251 e. The van der Waals surface area contributed by atoms with Crippen molar-refractivity contribution in [3.63, 3.8) is 0 Å². The summed E-state index contributed by atoms with van der Waals surface area (Å²) in [6.45, 7) is 5.52. The van der Waals surface area contributed by atoms with E-state index in [1.165, 1.54) is 0 Å². The number of fused-ring (bicyclic) bond motifs is 5. The molecule has 0 spiro atoms. The van der Waals surface area contributed by atoms with Gasteiger partial charge < -0.3 is 14.8 Å². The molecule has 35 heavy (non-hydrogen) atoms. The van der Waals surface area contributed by atoms with E-state index in [-0.39, 0.29) is 11.3 Å². The summed E-state index contributed by atoms with van der Waals surface area (Å²) >= 11 is 0. The number of nitrogens with one attached hydrogen (secondary N) is 1. The normalized spacial score (nSPS) is 15.7. The molecule has 1 amide bonds. The lowest BCUT2D eigenvalue weighted by Gasteiger charge is -2.46. The number of amides is 1. The number of nitriles is 1. The van der Waals surface area contributed by atoms with Crippen LogP contribution < -0.4 is 5.32 Å². The average Bonchev–Trinajstić information content (AvgIpc) is 3.47. The molecule has 174 valence electrons. The molecule has 2 aromatic carbocycles.